The fraction of sp³-hybridized carbons (Fsp3) is 0.348. The topological polar surface area (TPSA) is 90.9 Å². The molecule has 2 aromatic carbocycles. The minimum Gasteiger partial charge on any atom is -0.459 e. The second-order valence-electron chi connectivity index (χ2n) is 7.21. The largest absolute Gasteiger partial charge is 0.459 e. The first-order valence-electron chi connectivity index (χ1n) is 9.73. The summed E-state index contributed by atoms with van der Waals surface area (Å²) in [6, 6.07) is 13.1. The number of benzene rings is 2. The van der Waals surface area contributed by atoms with Crippen LogP contribution in [0.2, 0.25) is 0 Å². The van der Waals surface area contributed by atoms with Crippen LogP contribution in [0.25, 0.3) is 0 Å². The Hall–Kier alpha value is -3.19. The predicted octanol–water partition coefficient (Wildman–Crippen LogP) is 3.97. The van der Waals surface area contributed by atoms with Crippen LogP contribution in [0.4, 0.5) is 5.69 Å². The van der Waals surface area contributed by atoms with Gasteiger partial charge in [0.05, 0.1) is 29.9 Å². The summed E-state index contributed by atoms with van der Waals surface area (Å²) >= 11 is 0. The third-order valence-corrected chi connectivity index (χ3v) is 3.85. The molecule has 0 heterocycles. The van der Waals surface area contributed by atoms with Gasteiger partial charge < -0.3 is 19.5 Å². The molecule has 0 aliphatic heterocycles. The highest BCUT2D eigenvalue weighted by molar-refractivity contribution is 5.96. The number of amides is 1. The van der Waals surface area contributed by atoms with E-state index in [4.69, 9.17) is 14.2 Å². The average molecular weight is 413 g/mol. The summed E-state index contributed by atoms with van der Waals surface area (Å²) in [6.45, 7) is 7.47. The first-order chi connectivity index (χ1) is 14.2. The number of hydrogen-bond donors (Lipinski definition) is 1. The van der Waals surface area contributed by atoms with Gasteiger partial charge in [-0.05, 0) is 69.7 Å². The minimum atomic E-state index is -0.590. The van der Waals surface area contributed by atoms with Crippen molar-refractivity contribution in [2.45, 2.75) is 46.5 Å². The van der Waals surface area contributed by atoms with Crippen molar-refractivity contribution in [3.05, 3.63) is 65.2 Å². The molecule has 7 nitrogen and oxygen atoms in total. The third-order valence-electron chi connectivity index (χ3n) is 3.85. The normalized spacial score (nSPS) is 10.7. The first kappa shape index (κ1) is 23.1. The van der Waals surface area contributed by atoms with Gasteiger partial charge >= 0.3 is 11.9 Å². The lowest BCUT2D eigenvalue weighted by molar-refractivity contribution is -0.119. The molecule has 160 valence electrons. The van der Waals surface area contributed by atoms with Crippen LogP contribution in [0.3, 0.4) is 0 Å². The molecule has 2 aromatic rings. The maximum Gasteiger partial charge on any atom is 0.338 e. The summed E-state index contributed by atoms with van der Waals surface area (Å²) in [5.74, 6) is -1.50. The number of esters is 2. The number of nitrogens with one attached hydrogen (secondary N) is 1. The van der Waals surface area contributed by atoms with Crippen LogP contribution in [0.1, 0.15) is 54.0 Å². The van der Waals surface area contributed by atoms with Crippen molar-refractivity contribution in [3.63, 3.8) is 0 Å². The monoisotopic (exact) mass is 413 g/mol. The van der Waals surface area contributed by atoms with Gasteiger partial charge in [-0.15, -0.1) is 0 Å². The van der Waals surface area contributed by atoms with E-state index in [2.05, 4.69) is 5.32 Å². The Morgan fingerprint density at radius 1 is 0.800 bits per heavy atom. The van der Waals surface area contributed by atoms with Crippen LogP contribution in [0.5, 0.6) is 0 Å². The van der Waals surface area contributed by atoms with Gasteiger partial charge in [-0.1, -0.05) is 12.1 Å². The second-order valence-corrected chi connectivity index (χ2v) is 7.21. The smallest absolute Gasteiger partial charge is 0.338 e. The summed E-state index contributed by atoms with van der Waals surface area (Å²) in [7, 11) is 0. The van der Waals surface area contributed by atoms with E-state index < -0.39 is 24.5 Å². The van der Waals surface area contributed by atoms with Crippen LogP contribution >= 0.6 is 0 Å². The van der Waals surface area contributed by atoms with Gasteiger partial charge in [0.1, 0.15) is 0 Å². The molecule has 0 aliphatic carbocycles. The van der Waals surface area contributed by atoms with Crippen LogP contribution in [0, 0.1) is 0 Å². The van der Waals surface area contributed by atoms with Crippen molar-refractivity contribution in [2.24, 2.45) is 0 Å². The fourth-order valence-electron chi connectivity index (χ4n) is 2.38. The molecule has 0 aromatic heterocycles. The van der Waals surface area contributed by atoms with Crippen LogP contribution in [-0.2, 0) is 25.6 Å². The molecule has 1 amide bonds. The van der Waals surface area contributed by atoms with E-state index in [9.17, 15) is 14.4 Å². The maximum atomic E-state index is 12.1. The molecule has 0 spiro atoms. The molecule has 1 N–H and O–H groups in total. The zero-order valence-corrected chi connectivity index (χ0v) is 17.6. The number of ether oxygens (including phenoxy) is 3. The molecule has 0 saturated carbocycles. The maximum absolute atomic E-state index is 12.1. The van der Waals surface area contributed by atoms with Gasteiger partial charge in [-0.25, -0.2) is 9.59 Å². The van der Waals surface area contributed by atoms with Gasteiger partial charge in [0.2, 0.25) is 0 Å². The van der Waals surface area contributed by atoms with E-state index in [-0.39, 0.29) is 12.2 Å². The Labute approximate surface area is 176 Å². The Bertz CT molecular complexity index is 856. The quantitative estimate of drug-likeness (QED) is 0.626. The lowest BCUT2D eigenvalue weighted by Gasteiger charge is -2.10. The molecule has 7 heteroatoms. The van der Waals surface area contributed by atoms with Gasteiger partial charge in [0.25, 0.3) is 5.91 Å². The summed E-state index contributed by atoms with van der Waals surface area (Å²) in [6.07, 6.45) is -0.0886. The second kappa shape index (κ2) is 11.1. The molecular formula is C23H27NO6. The Balaban J connectivity index is 1.81. The van der Waals surface area contributed by atoms with Gasteiger partial charge in [0, 0.05) is 5.69 Å². The standard InChI is InChI=1S/C23H27NO6/c1-15(2)28-13-17-5-7-18(8-6-17)22(26)29-14-21(25)24-20-11-9-19(10-12-20)23(27)30-16(3)4/h5-12,15-16H,13-14H2,1-4H3,(H,24,25). The van der Waals surface area contributed by atoms with Crippen molar-refractivity contribution in [1.29, 1.82) is 0 Å². The number of carbonyl (C=O) groups excluding carboxylic acids is 3. The molecule has 0 atom stereocenters. The van der Waals surface area contributed by atoms with Crippen molar-refractivity contribution in [1.82, 2.24) is 0 Å². The highest BCUT2D eigenvalue weighted by atomic mass is 16.5. The minimum absolute atomic E-state index is 0.123. The Morgan fingerprint density at radius 3 is 1.93 bits per heavy atom. The summed E-state index contributed by atoms with van der Waals surface area (Å²) in [4.78, 5) is 35.9. The molecule has 0 bridgehead atoms. The molecule has 0 fully saturated rings. The van der Waals surface area contributed by atoms with E-state index >= 15 is 0 Å². The number of anilines is 1. The average Bonchev–Trinajstić information content (AvgIpc) is 2.71. The van der Waals surface area contributed by atoms with Crippen molar-refractivity contribution in [3.8, 4) is 0 Å². The van der Waals surface area contributed by atoms with E-state index in [0.29, 0.717) is 23.4 Å². The van der Waals surface area contributed by atoms with Crippen molar-refractivity contribution >= 4 is 23.5 Å². The summed E-state index contributed by atoms with van der Waals surface area (Å²) < 4.78 is 15.7. The van der Waals surface area contributed by atoms with Crippen molar-refractivity contribution < 1.29 is 28.6 Å². The number of hydrogen-bond acceptors (Lipinski definition) is 6. The highest BCUT2D eigenvalue weighted by Gasteiger charge is 2.12. The van der Waals surface area contributed by atoms with Crippen LogP contribution in [-0.4, -0.2) is 36.7 Å². The molecule has 30 heavy (non-hydrogen) atoms. The van der Waals surface area contributed by atoms with Crippen molar-refractivity contribution in [2.75, 3.05) is 11.9 Å². The van der Waals surface area contributed by atoms with Crippen LogP contribution in [0.15, 0.2) is 48.5 Å². The van der Waals surface area contributed by atoms with E-state index in [0.717, 1.165) is 5.56 Å². The van der Waals surface area contributed by atoms with Crippen LogP contribution < -0.4 is 5.32 Å². The zero-order chi connectivity index (χ0) is 22.1. The van der Waals surface area contributed by atoms with E-state index in [1.807, 2.05) is 13.8 Å². The predicted molar refractivity (Wildman–Crippen MR) is 112 cm³/mol. The number of carbonyl (C=O) groups is 3. The van der Waals surface area contributed by atoms with Gasteiger partial charge in [-0.2, -0.15) is 0 Å². The molecule has 0 saturated heterocycles. The van der Waals surface area contributed by atoms with Gasteiger partial charge in [0.15, 0.2) is 6.61 Å². The lowest BCUT2D eigenvalue weighted by atomic mass is 10.1. The number of rotatable bonds is 9. The summed E-state index contributed by atoms with van der Waals surface area (Å²) in [5, 5.41) is 2.61. The summed E-state index contributed by atoms with van der Waals surface area (Å²) in [5.41, 5.74) is 2.16. The SMILES string of the molecule is CC(C)OCc1ccc(C(=O)OCC(=O)Nc2ccc(C(=O)OC(C)C)cc2)cc1. The lowest BCUT2D eigenvalue weighted by Crippen LogP contribution is -2.21. The molecule has 0 unspecified atom stereocenters. The highest BCUT2D eigenvalue weighted by Crippen LogP contribution is 2.12. The van der Waals surface area contributed by atoms with E-state index in [1.165, 1.54) is 0 Å². The fourth-order valence-corrected chi connectivity index (χ4v) is 2.38. The molecule has 0 aliphatic rings. The van der Waals surface area contributed by atoms with Gasteiger partial charge in [-0.3, -0.25) is 4.79 Å². The third kappa shape index (κ3) is 7.67. The first-order valence-corrected chi connectivity index (χ1v) is 9.73. The molecular weight excluding hydrogens is 386 g/mol. The Morgan fingerprint density at radius 2 is 1.37 bits per heavy atom. The molecule has 2 rings (SSSR count). The Kier molecular flexibility index (Phi) is 8.55. The zero-order valence-electron chi connectivity index (χ0n) is 17.6. The van der Waals surface area contributed by atoms with E-state index in [1.54, 1.807) is 62.4 Å². The molecule has 0 radical (unpaired) electrons.